The van der Waals surface area contributed by atoms with E-state index < -0.39 is 20.5 Å². The topological polar surface area (TPSA) is 89.3 Å². The van der Waals surface area contributed by atoms with E-state index in [1.807, 2.05) is 19.9 Å². The van der Waals surface area contributed by atoms with Crippen LogP contribution in [0.15, 0.2) is 16.6 Å². The molecule has 0 aliphatic carbocycles. The van der Waals surface area contributed by atoms with E-state index in [4.69, 9.17) is 5.73 Å². The van der Waals surface area contributed by atoms with Crippen molar-refractivity contribution in [2.45, 2.75) is 37.4 Å². The minimum Gasteiger partial charge on any atom is -0.384 e. The fourth-order valence-electron chi connectivity index (χ4n) is 3.84. The molecular formula is C16H21BrN2O3S. The van der Waals surface area contributed by atoms with Gasteiger partial charge in [0.1, 0.15) is 0 Å². The smallest absolute Gasteiger partial charge is 0.250 e. The number of hydrogen-bond acceptors (Lipinski definition) is 4. The number of amides is 1. The number of rotatable bonds is 2. The number of carbonyl (C=O) groups is 1. The first-order valence-corrected chi connectivity index (χ1v) is 10.2. The number of sulfone groups is 1. The second kappa shape index (κ2) is 5.48. The normalized spacial score (nSPS) is 28.0. The Kier molecular flexibility index (Phi) is 3.99. The zero-order valence-electron chi connectivity index (χ0n) is 13.2. The third kappa shape index (κ3) is 2.78. The summed E-state index contributed by atoms with van der Waals surface area (Å²) in [6.45, 7) is 4.34. The van der Waals surface area contributed by atoms with Gasteiger partial charge in [-0.15, -0.1) is 0 Å². The summed E-state index contributed by atoms with van der Waals surface area (Å²) in [5, 5.41) is 3.30. The molecule has 2 heterocycles. The monoisotopic (exact) mass is 400 g/mol. The quantitative estimate of drug-likeness (QED) is 0.798. The lowest BCUT2D eigenvalue weighted by atomic mass is 9.79. The van der Waals surface area contributed by atoms with Gasteiger partial charge in [0.2, 0.25) is 0 Å². The summed E-state index contributed by atoms with van der Waals surface area (Å²) >= 11 is 3.44. The Hall–Kier alpha value is -1.08. The van der Waals surface area contributed by atoms with E-state index in [0.717, 1.165) is 15.7 Å². The Balaban J connectivity index is 1.96. The van der Waals surface area contributed by atoms with E-state index in [1.54, 1.807) is 6.07 Å². The van der Waals surface area contributed by atoms with Crippen molar-refractivity contribution < 1.29 is 13.2 Å². The number of anilines is 1. The molecule has 3 rings (SSSR count). The molecule has 2 aliphatic heterocycles. The second-order valence-electron chi connectivity index (χ2n) is 7.10. The van der Waals surface area contributed by atoms with Crippen molar-refractivity contribution in [1.29, 1.82) is 0 Å². The average molecular weight is 401 g/mol. The molecule has 0 spiro atoms. The van der Waals surface area contributed by atoms with E-state index in [2.05, 4.69) is 21.2 Å². The van der Waals surface area contributed by atoms with Gasteiger partial charge < -0.3 is 11.1 Å². The van der Waals surface area contributed by atoms with Crippen molar-refractivity contribution in [3.63, 3.8) is 0 Å². The molecule has 2 aliphatic rings. The predicted molar refractivity (Wildman–Crippen MR) is 94.5 cm³/mol. The highest BCUT2D eigenvalue weighted by atomic mass is 79.9. The molecule has 7 heteroatoms. The summed E-state index contributed by atoms with van der Waals surface area (Å²) in [6, 6.07) is 3.74. The molecule has 1 saturated heterocycles. The SMILES string of the molecule is CC1(C)C[C@@H](C2CNc3c(C(N)=O)cc(Br)cc32)CCS1(=O)=O. The molecular weight excluding hydrogens is 380 g/mol. The van der Waals surface area contributed by atoms with Crippen LogP contribution in [0.1, 0.15) is 48.5 Å². The fourth-order valence-corrected chi connectivity index (χ4v) is 5.95. The molecule has 1 amide bonds. The predicted octanol–water partition coefficient (Wildman–Crippen LogP) is 2.66. The van der Waals surface area contributed by atoms with E-state index in [-0.39, 0.29) is 17.6 Å². The van der Waals surface area contributed by atoms with Crippen molar-refractivity contribution in [2.75, 3.05) is 17.6 Å². The maximum atomic E-state index is 12.2. The van der Waals surface area contributed by atoms with E-state index >= 15 is 0 Å². The van der Waals surface area contributed by atoms with Crippen molar-refractivity contribution in [3.8, 4) is 0 Å². The van der Waals surface area contributed by atoms with Crippen LogP contribution in [0.5, 0.6) is 0 Å². The van der Waals surface area contributed by atoms with Crippen molar-refractivity contribution in [1.82, 2.24) is 0 Å². The van der Waals surface area contributed by atoms with Crippen LogP contribution in [0.25, 0.3) is 0 Å². The lowest BCUT2D eigenvalue weighted by molar-refractivity contribution is 0.100. The number of nitrogens with one attached hydrogen (secondary N) is 1. The average Bonchev–Trinajstić information content (AvgIpc) is 2.84. The molecule has 0 radical (unpaired) electrons. The maximum Gasteiger partial charge on any atom is 0.250 e. The Morgan fingerprint density at radius 2 is 2.09 bits per heavy atom. The van der Waals surface area contributed by atoms with E-state index in [1.165, 1.54) is 0 Å². The first-order chi connectivity index (χ1) is 10.6. The summed E-state index contributed by atoms with van der Waals surface area (Å²) in [5.74, 6) is 0.252. The number of carbonyl (C=O) groups excluding carboxylic acids is 1. The van der Waals surface area contributed by atoms with Crippen LogP contribution in [-0.2, 0) is 9.84 Å². The Morgan fingerprint density at radius 1 is 1.39 bits per heavy atom. The van der Waals surface area contributed by atoms with Gasteiger partial charge in [-0.25, -0.2) is 8.42 Å². The summed E-state index contributed by atoms with van der Waals surface area (Å²) in [4.78, 5) is 11.7. The summed E-state index contributed by atoms with van der Waals surface area (Å²) in [7, 11) is -3.03. The van der Waals surface area contributed by atoms with Crippen LogP contribution in [0.2, 0.25) is 0 Å². The van der Waals surface area contributed by atoms with Gasteiger partial charge in [-0.1, -0.05) is 15.9 Å². The first kappa shape index (κ1) is 16.8. The minimum atomic E-state index is -3.03. The molecule has 0 bridgehead atoms. The van der Waals surface area contributed by atoms with Crippen LogP contribution in [-0.4, -0.2) is 31.4 Å². The van der Waals surface area contributed by atoms with Gasteiger partial charge >= 0.3 is 0 Å². The Morgan fingerprint density at radius 3 is 2.70 bits per heavy atom. The van der Waals surface area contributed by atoms with Crippen LogP contribution in [0.3, 0.4) is 0 Å². The summed E-state index contributed by atoms with van der Waals surface area (Å²) < 4.78 is 24.6. The first-order valence-electron chi connectivity index (χ1n) is 7.72. The number of halogens is 1. The molecule has 5 nitrogen and oxygen atoms in total. The molecule has 2 atom stereocenters. The molecule has 0 saturated carbocycles. The van der Waals surface area contributed by atoms with E-state index in [0.29, 0.717) is 24.9 Å². The molecule has 1 aromatic carbocycles. The van der Waals surface area contributed by atoms with Gasteiger partial charge in [0, 0.05) is 16.9 Å². The Labute approximate surface area is 145 Å². The van der Waals surface area contributed by atoms with Crippen LogP contribution >= 0.6 is 15.9 Å². The highest BCUT2D eigenvalue weighted by Crippen LogP contribution is 2.46. The van der Waals surface area contributed by atoms with Crippen LogP contribution in [0.4, 0.5) is 5.69 Å². The molecule has 0 aromatic heterocycles. The number of hydrogen-bond donors (Lipinski definition) is 2. The van der Waals surface area contributed by atoms with Crippen molar-refractivity contribution in [2.24, 2.45) is 11.7 Å². The zero-order chi connectivity index (χ0) is 17.0. The lowest BCUT2D eigenvalue weighted by Crippen LogP contribution is -2.42. The number of fused-ring (bicyclic) bond motifs is 1. The van der Waals surface area contributed by atoms with Crippen LogP contribution in [0, 0.1) is 5.92 Å². The summed E-state index contributed by atoms with van der Waals surface area (Å²) in [6.07, 6.45) is 1.30. The zero-order valence-corrected chi connectivity index (χ0v) is 15.6. The molecule has 1 unspecified atom stereocenters. The molecule has 1 fully saturated rings. The number of primary amides is 1. The molecule has 23 heavy (non-hydrogen) atoms. The van der Waals surface area contributed by atoms with Gasteiger partial charge in [0.15, 0.2) is 9.84 Å². The molecule has 1 aromatic rings. The molecule has 3 N–H and O–H groups in total. The highest BCUT2D eigenvalue weighted by Gasteiger charge is 2.44. The number of benzene rings is 1. The van der Waals surface area contributed by atoms with Gasteiger partial charge in [0.25, 0.3) is 5.91 Å². The maximum absolute atomic E-state index is 12.2. The van der Waals surface area contributed by atoms with Gasteiger partial charge in [-0.3, -0.25) is 4.79 Å². The van der Waals surface area contributed by atoms with Crippen molar-refractivity contribution in [3.05, 3.63) is 27.7 Å². The minimum absolute atomic E-state index is 0.204. The van der Waals surface area contributed by atoms with Gasteiger partial charge in [-0.05, 0) is 50.3 Å². The van der Waals surface area contributed by atoms with Gasteiger partial charge in [-0.2, -0.15) is 0 Å². The highest BCUT2D eigenvalue weighted by molar-refractivity contribution is 9.10. The Bertz CT molecular complexity index is 774. The number of nitrogens with two attached hydrogens (primary N) is 1. The molecule has 126 valence electrons. The summed E-state index contributed by atoms with van der Waals surface area (Å²) in [5.41, 5.74) is 7.83. The largest absolute Gasteiger partial charge is 0.384 e. The third-order valence-corrected chi connectivity index (χ3v) is 8.30. The standard InChI is InChI=1S/C16H21BrN2O3S/c1-16(2)7-9(3-4-23(16,21)22)13-8-19-14-11(13)5-10(17)6-12(14)15(18)20/h5-6,9,13,19H,3-4,7-8H2,1-2H3,(H2,18,20)/t9-,13?/m0/s1. The lowest BCUT2D eigenvalue weighted by Gasteiger charge is -2.37. The second-order valence-corrected chi connectivity index (χ2v) is 10.8. The van der Waals surface area contributed by atoms with E-state index in [9.17, 15) is 13.2 Å². The van der Waals surface area contributed by atoms with Gasteiger partial charge in [0.05, 0.1) is 21.8 Å². The third-order valence-electron chi connectivity index (χ3n) is 5.22. The van der Waals surface area contributed by atoms with Crippen LogP contribution < -0.4 is 11.1 Å². The fraction of sp³-hybridized carbons (Fsp3) is 0.562. The van der Waals surface area contributed by atoms with Crippen molar-refractivity contribution >= 4 is 37.4 Å².